The Balaban J connectivity index is 0.000000764. The SMILES string of the molecule is C=C1Nc2cc(CN3CCN(C(/C=C\C[NH-])=C/N)C4C(C)C43)cnc2C=C1C1CC1.CC.CC.[B][C-](C)C.[Y]. The Kier molecular flexibility index (Phi) is 15.9. The van der Waals surface area contributed by atoms with Crippen LogP contribution in [0.5, 0.6) is 0 Å². The summed E-state index contributed by atoms with van der Waals surface area (Å²) in [5.74, 6) is 2.20. The number of nitrogens with two attached hydrogens (primary N) is 1. The number of pyridine rings is 1. The van der Waals surface area contributed by atoms with Crippen molar-refractivity contribution in [2.75, 3.05) is 25.0 Å². The Hall–Kier alpha value is -1.40. The van der Waals surface area contributed by atoms with Crippen molar-refractivity contribution in [1.29, 1.82) is 0 Å². The van der Waals surface area contributed by atoms with Gasteiger partial charge in [0, 0.05) is 82.5 Å². The van der Waals surface area contributed by atoms with E-state index in [0.29, 0.717) is 23.9 Å². The van der Waals surface area contributed by atoms with Gasteiger partial charge in [-0.2, -0.15) is 21.7 Å². The Bertz CT molecular complexity index is 998. The number of hydrogen-bond acceptors (Lipinski definition) is 5. The first kappa shape index (κ1) is 35.6. The van der Waals surface area contributed by atoms with Gasteiger partial charge in [-0.1, -0.05) is 41.2 Å². The molecule has 3 radical (unpaired) electrons. The first-order valence-corrected chi connectivity index (χ1v) is 14.3. The van der Waals surface area contributed by atoms with E-state index in [-0.39, 0.29) is 39.3 Å². The molecule has 3 fully saturated rings. The Morgan fingerprint density at radius 2 is 1.87 bits per heavy atom. The van der Waals surface area contributed by atoms with Crippen LogP contribution in [0, 0.1) is 17.7 Å². The van der Waals surface area contributed by atoms with E-state index in [4.69, 9.17) is 24.3 Å². The molecule has 2 aliphatic heterocycles. The molecule has 5 rings (SSSR count). The maximum Gasteiger partial charge on any atom is 0.0868 e. The van der Waals surface area contributed by atoms with Gasteiger partial charge in [0.2, 0.25) is 0 Å². The van der Waals surface area contributed by atoms with Crippen molar-refractivity contribution in [2.45, 2.75) is 79.9 Å². The topological polar surface area (TPSA) is 81.2 Å². The zero-order chi connectivity index (χ0) is 28.4. The van der Waals surface area contributed by atoms with Gasteiger partial charge in [0.1, 0.15) is 0 Å². The van der Waals surface area contributed by atoms with Gasteiger partial charge in [0.15, 0.2) is 0 Å². The molecule has 2 aliphatic carbocycles. The zero-order valence-corrected chi connectivity index (χ0v) is 28.1. The zero-order valence-electron chi connectivity index (χ0n) is 25.3. The molecular weight excluding hydrogens is 556 g/mol. The minimum Gasteiger partial charge on any atom is -0.674 e. The van der Waals surface area contributed by atoms with Gasteiger partial charge in [-0.3, -0.25) is 9.88 Å². The van der Waals surface area contributed by atoms with E-state index in [1.165, 1.54) is 24.0 Å². The predicted molar refractivity (Wildman–Crippen MR) is 165 cm³/mol. The quantitative estimate of drug-likeness (QED) is 0.220. The van der Waals surface area contributed by atoms with Gasteiger partial charge in [-0.05, 0) is 54.0 Å². The molecule has 0 amide bonds. The summed E-state index contributed by atoms with van der Waals surface area (Å²) in [4.78, 5) is 9.76. The molecule has 39 heavy (non-hydrogen) atoms. The van der Waals surface area contributed by atoms with Gasteiger partial charge < -0.3 is 27.5 Å². The van der Waals surface area contributed by atoms with Gasteiger partial charge in [-0.15, -0.1) is 12.6 Å². The molecule has 0 bridgehead atoms. The first-order valence-electron chi connectivity index (χ1n) is 14.3. The van der Waals surface area contributed by atoms with Crippen LogP contribution in [-0.2, 0) is 39.3 Å². The number of fused-ring (bicyclic) bond motifs is 2. The summed E-state index contributed by atoms with van der Waals surface area (Å²) in [6.07, 6.45) is 12.3. The molecule has 6 nitrogen and oxygen atoms in total. The second-order valence-electron chi connectivity index (χ2n) is 10.0. The number of nitrogens with one attached hydrogen (secondary N) is 2. The van der Waals surface area contributed by atoms with Crippen LogP contribution in [0.4, 0.5) is 5.69 Å². The normalized spacial score (nSPS) is 23.4. The molecule has 1 aromatic rings. The number of aromatic nitrogens is 1. The Morgan fingerprint density at radius 1 is 1.23 bits per heavy atom. The van der Waals surface area contributed by atoms with E-state index < -0.39 is 0 Å². The fourth-order valence-corrected chi connectivity index (χ4v) is 5.17. The molecule has 3 atom stereocenters. The van der Waals surface area contributed by atoms with Crippen molar-refractivity contribution in [3.05, 3.63) is 77.0 Å². The van der Waals surface area contributed by atoms with Crippen molar-refractivity contribution in [2.24, 2.45) is 17.6 Å². The molecule has 4 N–H and O–H groups in total. The summed E-state index contributed by atoms with van der Waals surface area (Å²) < 4.78 is 0. The molecule has 2 saturated carbocycles. The van der Waals surface area contributed by atoms with E-state index in [0.717, 1.165) is 48.2 Å². The van der Waals surface area contributed by atoms with Crippen molar-refractivity contribution in [3.8, 4) is 0 Å². The minimum atomic E-state index is 0. The maximum atomic E-state index is 7.35. The number of rotatable bonds is 6. The average molecular weight is 605 g/mol. The standard InChI is InChI=1S/C24H31N6.C3H6B.2C2H6.Y/c1-15-23-24(15)30(19(12-26)4-3-7-25)9-8-29(23)14-17-10-22-21(27-13-17)11-20(16(2)28-22)18-5-6-18;1-3(2)4;2*1-2;/h3-4,10-13,15,18,23-25,28H,2,5-9,14,26H2,1H3;1-2H3;2*1-2H3;/q2*-1;;;/b4-3-,19-12+;;;;. The molecule has 4 aliphatic rings. The number of anilines is 1. The van der Waals surface area contributed by atoms with Crippen LogP contribution in [0.15, 0.2) is 54.2 Å². The molecule has 0 spiro atoms. The van der Waals surface area contributed by atoms with E-state index in [1.807, 2.05) is 59.9 Å². The second-order valence-corrected chi connectivity index (χ2v) is 10.0. The molecule has 1 saturated heterocycles. The number of nitrogens with zero attached hydrogens (tertiary/aromatic N) is 3. The van der Waals surface area contributed by atoms with Crippen molar-refractivity contribution >= 4 is 19.6 Å². The van der Waals surface area contributed by atoms with E-state index in [9.17, 15) is 0 Å². The van der Waals surface area contributed by atoms with E-state index >= 15 is 0 Å². The Morgan fingerprint density at radius 3 is 2.44 bits per heavy atom. The van der Waals surface area contributed by atoms with Gasteiger partial charge in [0.05, 0.1) is 17.1 Å². The largest absolute Gasteiger partial charge is 0.674 e. The summed E-state index contributed by atoms with van der Waals surface area (Å²) in [7, 11) is 5.03. The fourth-order valence-electron chi connectivity index (χ4n) is 5.17. The van der Waals surface area contributed by atoms with Crippen LogP contribution in [-0.4, -0.2) is 54.3 Å². The van der Waals surface area contributed by atoms with Gasteiger partial charge in [0.25, 0.3) is 0 Å². The van der Waals surface area contributed by atoms with Crippen molar-refractivity contribution in [1.82, 2.24) is 14.8 Å². The van der Waals surface area contributed by atoms with Crippen molar-refractivity contribution in [3.63, 3.8) is 0 Å². The van der Waals surface area contributed by atoms with Crippen LogP contribution in [0.3, 0.4) is 0 Å². The molecule has 8 heteroatoms. The second kappa shape index (κ2) is 17.4. The van der Waals surface area contributed by atoms with Crippen LogP contribution in [0.1, 0.15) is 72.6 Å². The van der Waals surface area contributed by atoms with Gasteiger partial charge >= 0.3 is 0 Å². The van der Waals surface area contributed by atoms with E-state index in [1.54, 1.807) is 6.20 Å². The Labute approximate surface area is 265 Å². The summed E-state index contributed by atoms with van der Waals surface area (Å²) in [5, 5.41) is 3.49. The molecule has 0 aromatic carbocycles. The number of allylic oxidation sites excluding steroid dienone is 2. The van der Waals surface area contributed by atoms with Crippen LogP contribution >= 0.6 is 0 Å². The van der Waals surface area contributed by atoms with Crippen LogP contribution in [0.25, 0.3) is 11.8 Å². The third-order valence-corrected chi connectivity index (χ3v) is 6.91. The third kappa shape index (κ3) is 9.59. The predicted octanol–water partition coefficient (Wildman–Crippen LogP) is 6.50. The smallest absolute Gasteiger partial charge is 0.0868 e. The van der Waals surface area contributed by atoms with Gasteiger partial charge in [-0.25, -0.2) is 0 Å². The summed E-state index contributed by atoms with van der Waals surface area (Å²) >= 11 is 0. The number of hydrogen-bond donors (Lipinski definition) is 2. The first-order chi connectivity index (χ1) is 18.3. The molecule has 211 valence electrons. The average Bonchev–Trinajstić information content (AvgIpc) is 3.85. The monoisotopic (exact) mass is 605 g/mol. The maximum absolute atomic E-state index is 7.35. The number of piperazine rings is 1. The molecule has 3 unspecified atom stereocenters. The van der Waals surface area contributed by atoms with Crippen molar-refractivity contribution < 1.29 is 32.7 Å². The fraction of sp³-hybridized carbons (Fsp3) is 0.548. The molecular formula is C31H49BN6Y-2. The summed E-state index contributed by atoms with van der Waals surface area (Å²) in [6.45, 7) is 21.4. The molecule has 1 aromatic heterocycles. The molecule has 3 heterocycles. The summed E-state index contributed by atoms with van der Waals surface area (Å²) in [5.41, 5.74) is 20.0. The minimum absolute atomic E-state index is 0. The summed E-state index contributed by atoms with van der Waals surface area (Å²) in [6, 6.07) is 3.28. The third-order valence-electron chi connectivity index (χ3n) is 6.91. The van der Waals surface area contributed by atoms with E-state index in [2.05, 4.69) is 40.8 Å². The van der Waals surface area contributed by atoms with Crippen LogP contribution < -0.4 is 11.1 Å². The van der Waals surface area contributed by atoms with Crippen LogP contribution in [0.2, 0.25) is 0 Å².